The van der Waals surface area contributed by atoms with E-state index in [-0.39, 0.29) is 18.3 Å². The second-order valence-corrected chi connectivity index (χ2v) is 7.26. The largest absolute Gasteiger partial charge is 0.350 e. The van der Waals surface area contributed by atoms with Crippen LogP contribution in [0.25, 0.3) is 10.2 Å². The minimum Gasteiger partial charge on any atom is -0.350 e. The number of piperidine rings is 1. The number of fused-ring (bicyclic) bond motifs is 1. The van der Waals surface area contributed by atoms with Crippen molar-refractivity contribution in [2.45, 2.75) is 25.3 Å². The third-order valence-corrected chi connectivity index (χ3v) is 5.48. The van der Waals surface area contributed by atoms with E-state index in [4.69, 9.17) is 0 Å². The van der Waals surface area contributed by atoms with Gasteiger partial charge >= 0.3 is 0 Å². The number of thiazole rings is 1. The smallest absolute Gasteiger partial charge is 0.273 e. The summed E-state index contributed by atoms with van der Waals surface area (Å²) in [4.78, 5) is 16.8. The van der Waals surface area contributed by atoms with Crippen LogP contribution in [0.2, 0.25) is 0 Å². The molecule has 26 heavy (non-hydrogen) atoms. The summed E-state index contributed by atoms with van der Waals surface area (Å²) in [5, 5.41) is 15.4. The quantitative estimate of drug-likeness (QED) is 0.695. The Balaban J connectivity index is 0.00000196. The van der Waals surface area contributed by atoms with Gasteiger partial charge in [-0.15, -0.1) is 28.8 Å². The van der Waals surface area contributed by atoms with Gasteiger partial charge in [-0.05, 0) is 38.1 Å². The fraction of sp³-hybridized carbons (Fsp3) is 0.412. The average molecular weight is 393 g/mol. The van der Waals surface area contributed by atoms with E-state index in [9.17, 15) is 4.79 Å². The van der Waals surface area contributed by atoms with Gasteiger partial charge in [-0.25, -0.2) is 9.67 Å². The third kappa shape index (κ3) is 4.20. The van der Waals surface area contributed by atoms with E-state index in [0.29, 0.717) is 24.7 Å². The van der Waals surface area contributed by atoms with Crippen molar-refractivity contribution in [1.29, 1.82) is 0 Å². The van der Waals surface area contributed by atoms with Gasteiger partial charge in [0.2, 0.25) is 0 Å². The Morgan fingerprint density at radius 1 is 1.31 bits per heavy atom. The summed E-state index contributed by atoms with van der Waals surface area (Å²) in [5.74, 6) is -0.179. The number of amides is 1. The summed E-state index contributed by atoms with van der Waals surface area (Å²) in [6.45, 7) is 2.50. The van der Waals surface area contributed by atoms with Gasteiger partial charge in [-0.3, -0.25) is 4.79 Å². The van der Waals surface area contributed by atoms with Crippen LogP contribution < -0.4 is 10.6 Å². The number of nitrogens with zero attached hydrogens (tertiary/aromatic N) is 4. The Morgan fingerprint density at radius 2 is 2.12 bits per heavy atom. The molecule has 0 unspecified atom stereocenters. The van der Waals surface area contributed by atoms with Crippen molar-refractivity contribution in [2.75, 3.05) is 19.6 Å². The maximum atomic E-state index is 12.2. The fourth-order valence-electron chi connectivity index (χ4n) is 3.03. The predicted molar refractivity (Wildman–Crippen MR) is 104 cm³/mol. The maximum absolute atomic E-state index is 12.2. The number of aromatic nitrogens is 4. The zero-order valence-electron chi connectivity index (χ0n) is 14.2. The van der Waals surface area contributed by atoms with E-state index in [1.165, 1.54) is 4.70 Å². The van der Waals surface area contributed by atoms with Crippen molar-refractivity contribution in [3.63, 3.8) is 0 Å². The average Bonchev–Trinajstić information content (AvgIpc) is 3.29. The Morgan fingerprint density at radius 3 is 2.92 bits per heavy atom. The highest BCUT2D eigenvalue weighted by Gasteiger charge is 2.18. The first-order chi connectivity index (χ1) is 12.3. The normalized spacial score (nSPS) is 14.9. The maximum Gasteiger partial charge on any atom is 0.273 e. The molecule has 1 aliphatic heterocycles. The molecule has 0 radical (unpaired) electrons. The van der Waals surface area contributed by atoms with Crippen molar-refractivity contribution in [3.05, 3.63) is 41.2 Å². The second kappa shape index (κ2) is 8.57. The van der Waals surface area contributed by atoms with Crippen LogP contribution in [-0.4, -0.2) is 45.5 Å². The first-order valence-electron chi connectivity index (χ1n) is 8.55. The number of benzene rings is 1. The topological polar surface area (TPSA) is 84.7 Å². The van der Waals surface area contributed by atoms with E-state index in [2.05, 4.69) is 32.0 Å². The number of rotatable bonds is 5. The molecule has 0 spiro atoms. The lowest BCUT2D eigenvalue weighted by Gasteiger charge is -2.22. The van der Waals surface area contributed by atoms with Gasteiger partial charge in [0.25, 0.3) is 5.91 Å². The van der Waals surface area contributed by atoms with Crippen LogP contribution in [0.3, 0.4) is 0 Å². The van der Waals surface area contributed by atoms with E-state index in [1.54, 1.807) is 17.5 Å². The Hall–Kier alpha value is -2.03. The minimum atomic E-state index is -0.179. The summed E-state index contributed by atoms with van der Waals surface area (Å²) >= 11 is 1.67. The van der Waals surface area contributed by atoms with Gasteiger partial charge in [-0.1, -0.05) is 17.3 Å². The molecule has 3 heterocycles. The number of carbonyl (C=O) groups excluding carboxylic acids is 1. The van der Waals surface area contributed by atoms with Crippen molar-refractivity contribution in [1.82, 2.24) is 30.6 Å². The van der Waals surface area contributed by atoms with Crippen LogP contribution in [0, 0.1) is 0 Å². The number of hydrogen-bond acceptors (Lipinski definition) is 6. The highest BCUT2D eigenvalue weighted by Crippen LogP contribution is 2.21. The third-order valence-electron chi connectivity index (χ3n) is 4.39. The molecule has 1 aliphatic rings. The van der Waals surface area contributed by atoms with E-state index in [1.807, 2.05) is 22.9 Å². The van der Waals surface area contributed by atoms with E-state index < -0.39 is 0 Å². The van der Waals surface area contributed by atoms with Crippen LogP contribution >= 0.6 is 23.7 Å². The zero-order valence-corrected chi connectivity index (χ0v) is 15.9. The van der Waals surface area contributed by atoms with Crippen LogP contribution in [0.1, 0.15) is 34.4 Å². The molecule has 1 saturated heterocycles. The second-order valence-electron chi connectivity index (χ2n) is 6.15. The van der Waals surface area contributed by atoms with Gasteiger partial charge in [0.05, 0.1) is 27.5 Å². The Labute approximate surface area is 161 Å². The summed E-state index contributed by atoms with van der Waals surface area (Å²) < 4.78 is 3.00. The van der Waals surface area contributed by atoms with Gasteiger partial charge in [0, 0.05) is 13.0 Å². The lowest BCUT2D eigenvalue weighted by atomic mass is 10.1. The number of hydrogen-bond donors (Lipinski definition) is 2. The molecule has 1 fully saturated rings. The fourth-order valence-corrected chi connectivity index (χ4v) is 4.00. The highest BCUT2D eigenvalue weighted by atomic mass is 35.5. The summed E-state index contributed by atoms with van der Waals surface area (Å²) in [6.07, 6.45) is 4.50. The zero-order chi connectivity index (χ0) is 17.1. The van der Waals surface area contributed by atoms with Gasteiger partial charge in [0.15, 0.2) is 5.69 Å². The molecule has 0 saturated carbocycles. The Bertz CT molecular complexity index is 840. The highest BCUT2D eigenvalue weighted by molar-refractivity contribution is 7.18. The molecule has 2 N–H and O–H groups in total. The Kier molecular flexibility index (Phi) is 6.18. The van der Waals surface area contributed by atoms with Crippen molar-refractivity contribution in [2.24, 2.45) is 0 Å². The molecule has 9 heteroatoms. The summed E-state index contributed by atoms with van der Waals surface area (Å²) in [6, 6.07) is 8.40. The molecular weight excluding hydrogens is 372 g/mol. The number of nitrogens with one attached hydrogen (secondary N) is 2. The molecule has 138 valence electrons. The van der Waals surface area contributed by atoms with Crippen molar-refractivity contribution >= 4 is 39.9 Å². The van der Waals surface area contributed by atoms with E-state index >= 15 is 0 Å². The molecule has 1 aromatic carbocycles. The van der Waals surface area contributed by atoms with Crippen LogP contribution in [0.5, 0.6) is 0 Å². The number of carbonyl (C=O) groups is 1. The van der Waals surface area contributed by atoms with Crippen molar-refractivity contribution in [3.8, 4) is 0 Å². The molecule has 0 bridgehead atoms. The molecule has 2 aromatic heterocycles. The monoisotopic (exact) mass is 392 g/mol. The molecule has 1 amide bonds. The molecular formula is C17H21ClN6OS. The molecule has 4 rings (SSSR count). The molecule has 3 aromatic rings. The van der Waals surface area contributed by atoms with Crippen LogP contribution in [-0.2, 0) is 6.42 Å². The van der Waals surface area contributed by atoms with Gasteiger partial charge in [-0.2, -0.15) is 0 Å². The first-order valence-corrected chi connectivity index (χ1v) is 9.36. The molecule has 7 nitrogen and oxygen atoms in total. The summed E-state index contributed by atoms with van der Waals surface area (Å²) in [7, 11) is 0. The molecule has 0 aliphatic carbocycles. The first kappa shape index (κ1) is 18.8. The van der Waals surface area contributed by atoms with Gasteiger partial charge < -0.3 is 10.6 Å². The van der Waals surface area contributed by atoms with Crippen LogP contribution in [0.15, 0.2) is 30.5 Å². The number of halogens is 1. The molecule has 0 atom stereocenters. The number of para-hydroxylation sites is 1. The lowest BCUT2D eigenvalue weighted by molar-refractivity contribution is 0.0949. The van der Waals surface area contributed by atoms with Crippen LogP contribution in [0.4, 0.5) is 0 Å². The SMILES string of the molecule is Cl.O=C(NCCc1nc2ccccc2s1)c1cn(C2CCNCC2)nn1. The lowest BCUT2D eigenvalue weighted by Crippen LogP contribution is -2.29. The van der Waals surface area contributed by atoms with E-state index in [0.717, 1.165) is 36.5 Å². The predicted octanol–water partition coefficient (Wildman–Crippen LogP) is 2.21. The van der Waals surface area contributed by atoms with Crippen molar-refractivity contribution < 1.29 is 4.79 Å². The van der Waals surface area contributed by atoms with Gasteiger partial charge in [0.1, 0.15) is 0 Å². The standard InChI is InChI=1S/C17H20N6OS.ClH/c24-17(14-11-23(22-21-14)12-5-8-18-9-6-12)19-10-7-16-20-13-3-1-2-4-15(13)25-16;/h1-4,11-12,18H,5-10H2,(H,19,24);1H. The summed E-state index contributed by atoms with van der Waals surface area (Å²) in [5.41, 5.74) is 1.39. The minimum absolute atomic E-state index is 0.